The van der Waals surface area contributed by atoms with Crippen molar-refractivity contribution >= 4 is 77.7 Å². The Balaban J connectivity index is 0.000000146. The van der Waals surface area contributed by atoms with Crippen molar-refractivity contribution < 1.29 is 0 Å². The van der Waals surface area contributed by atoms with Crippen LogP contribution in [0.5, 0.6) is 0 Å². The molecular formula is C117H80N10. The molecule has 0 unspecified atom stereocenters. The highest BCUT2D eigenvalue weighted by molar-refractivity contribution is 6.11. The van der Waals surface area contributed by atoms with Crippen LogP contribution >= 0.6 is 0 Å². The summed E-state index contributed by atoms with van der Waals surface area (Å²) in [5.41, 5.74) is 28.8. The minimum Gasteiger partial charge on any atom is -0.310 e. The Hall–Kier alpha value is -16.8. The van der Waals surface area contributed by atoms with E-state index < -0.39 is 10.8 Å². The fourth-order valence-electron chi connectivity index (χ4n) is 19.8. The second-order valence-electron chi connectivity index (χ2n) is 32.4. The highest BCUT2D eigenvalue weighted by Gasteiger charge is 2.49. The summed E-state index contributed by atoms with van der Waals surface area (Å²) >= 11 is 0. The van der Waals surface area contributed by atoms with Crippen LogP contribution in [0.1, 0.15) is 50.1 Å². The van der Waals surface area contributed by atoms with Crippen LogP contribution in [0.3, 0.4) is 0 Å². The minimum absolute atomic E-state index is 0.626. The fraction of sp³-hybridized carbons (Fsp3) is 0.0256. The number of nitrogens with zero attached hydrogens (tertiary/aromatic N) is 10. The molecule has 598 valence electrons. The number of fused-ring (bicyclic) bond motifs is 10. The number of anilines is 6. The zero-order chi connectivity index (χ0) is 84.4. The van der Waals surface area contributed by atoms with E-state index in [-0.39, 0.29) is 0 Å². The van der Waals surface area contributed by atoms with Gasteiger partial charge in [-0.2, -0.15) is 0 Å². The highest BCUT2D eigenvalue weighted by atomic mass is 15.2. The van der Waals surface area contributed by atoms with Gasteiger partial charge in [-0.3, -0.25) is 0 Å². The van der Waals surface area contributed by atoms with Crippen LogP contribution < -0.4 is 9.80 Å². The standard InChI is InChI=1S/C59H41N5.C58H39N5/c1-40-38-43(58-61-56(41-20-6-2-7-21-41)60-57(62-58)42-22-8-3-9-23-42)34-36-51(40)64-54-32-18-15-29-49(54)59(44-24-10-4-11-25-44,50-30-16-19-33-55(50)64)45-35-37-53-48(39-45)47-28-14-17-31-52(47)63(53)46-26-12-5-13-27-46;1-5-19-40(20-6-1)55-59-56(41-21-7-2-8-22-41)61-57(60-55)42-33-36-46(37-34-42)63-53-31-17-14-28-49(53)58(43-23-9-3-10-24-43,50-29-15-18-32-54(50)63)44-35-38-52-48(39-44)47-27-13-16-30-51(47)62(52)45-25-11-4-12-26-45/h2-39H,1H3;1-39H. The number of hydrogen-bond acceptors (Lipinski definition) is 8. The van der Waals surface area contributed by atoms with Gasteiger partial charge in [0.05, 0.1) is 55.6 Å². The first-order chi connectivity index (χ1) is 62.9. The van der Waals surface area contributed by atoms with Crippen LogP contribution in [-0.2, 0) is 10.8 Å². The summed E-state index contributed by atoms with van der Waals surface area (Å²) in [5.74, 6) is 3.83. The van der Waals surface area contributed by atoms with Gasteiger partial charge in [-0.1, -0.05) is 340 Å². The van der Waals surface area contributed by atoms with E-state index in [2.05, 4.69) is 372 Å². The number of hydrogen-bond donors (Lipinski definition) is 0. The number of benzene rings is 18. The van der Waals surface area contributed by atoms with Gasteiger partial charge in [0, 0.05) is 77.7 Å². The van der Waals surface area contributed by atoms with Crippen molar-refractivity contribution in [3.8, 4) is 79.7 Å². The smallest absolute Gasteiger partial charge is 0.164 e. The summed E-state index contributed by atoms with van der Waals surface area (Å²) in [6, 6.07) is 167. The van der Waals surface area contributed by atoms with Gasteiger partial charge in [0.2, 0.25) is 0 Å². The topological polar surface area (TPSA) is 93.7 Å². The third-order valence-corrected chi connectivity index (χ3v) is 25.3. The van der Waals surface area contributed by atoms with Crippen LogP contribution in [0.15, 0.2) is 467 Å². The summed E-state index contributed by atoms with van der Waals surface area (Å²) in [7, 11) is 0. The predicted octanol–water partition coefficient (Wildman–Crippen LogP) is 28.6. The van der Waals surface area contributed by atoms with Crippen molar-refractivity contribution in [3.63, 3.8) is 0 Å². The van der Waals surface area contributed by atoms with Crippen LogP contribution in [-0.4, -0.2) is 39.0 Å². The molecule has 2 aliphatic rings. The van der Waals surface area contributed by atoms with Gasteiger partial charge in [-0.15, -0.1) is 0 Å². The highest BCUT2D eigenvalue weighted by Crippen LogP contribution is 2.61. The molecule has 0 amide bonds. The molecule has 0 aliphatic carbocycles. The second-order valence-corrected chi connectivity index (χ2v) is 32.4. The summed E-state index contributed by atoms with van der Waals surface area (Å²) in [6.07, 6.45) is 0. The van der Waals surface area contributed by atoms with Crippen molar-refractivity contribution in [2.45, 2.75) is 17.8 Å². The fourth-order valence-corrected chi connectivity index (χ4v) is 19.8. The summed E-state index contributed by atoms with van der Waals surface area (Å²) in [4.78, 5) is 34.9. The Kier molecular flexibility index (Phi) is 18.7. The molecule has 0 saturated carbocycles. The second kappa shape index (κ2) is 31.6. The maximum absolute atomic E-state index is 5.06. The van der Waals surface area contributed by atoms with Crippen molar-refractivity contribution in [1.29, 1.82) is 0 Å². The monoisotopic (exact) mass is 1620 g/mol. The minimum atomic E-state index is -0.643. The lowest BCUT2D eigenvalue weighted by Crippen LogP contribution is -2.37. The number of aryl methyl sites for hydroxylation is 1. The van der Waals surface area contributed by atoms with E-state index in [1.54, 1.807) is 0 Å². The van der Waals surface area contributed by atoms with Gasteiger partial charge in [-0.05, 0) is 184 Å². The maximum atomic E-state index is 5.06. The molecule has 10 nitrogen and oxygen atoms in total. The zero-order valence-electron chi connectivity index (χ0n) is 69.4. The Morgan fingerprint density at radius 3 is 0.811 bits per heavy atom. The van der Waals surface area contributed by atoms with Gasteiger partial charge in [0.25, 0.3) is 0 Å². The Morgan fingerprint density at radius 1 is 0.181 bits per heavy atom. The molecule has 127 heavy (non-hydrogen) atoms. The summed E-state index contributed by atoms with van der Waals surface area (Å²) in [6.45, 7) is 2.19. The zero-order valence-corrected chi connectivity index (χ0v) is 69.4. The van der Waals surface area contributed by atoms with Crippen molar-refractivity contribution in [1.82, 2.24) is 39.0 Å². The van der Waals surface area contributed by atoms with E-state index in [9.17, 15) is 0 Å². The van der Waals surface area contributed by atoms with Crippen molar-refractivity contribution in [3.05, 3.63) is 517 Å². The first kappa shape index (κ1) is 75.2. The maximum Gasteiger partial charge on any atom is 0.164 e. The van der Waals surface area contributed by atoms with Gasteiger partial charge in [0.1, 0.15) is 0 Å². The van der Waals surface area contributed by atoms with Gasteiger partial charge >= 0.3 is 0 Å². The lowest BCUT2D eigenvalue weighted by atomic mass is 9.62. The molecule has 10 heteroatoms. The first-order valence-corrected chi connectivity index (χ1v) is 43.2. The average molecular weight is 1630 g/mol. The molecule has 0 bridgehead atoms. The molecule has 0 N–H and O–H groups in total. The van der Waals surface area contributed by atoms with E-state index in [4.69, 9.17) is 29.9 Å². The Bertz CT molecular complexity index is 7670. The van der Waals surface area contributed by atoms with E-state index >= 15 is 0 Å². The molecule has 0 saturated heterocycles. The third kappa shape index (κ3) is 12.7. The molecule has 0 fully saturated rings. The van der Waals surface area contributed by atoms with Gasteiger partial charge < -0.3 is 18.9 Å². The van der Waals surface area contributed by atoms with Crippen molar-refractivity contribution in [2.24, 2.45) is 0 Å². The van der Waals surface area contributed by atoms with E-state index in [0.717, 1.165) is 84.4 Å². The third-order valence-electron chi connectivity index (χ3n) is 25.3. The van der Waals surface area contributed by atoms with E-state index in [0.29, 0.717) is 34.9 Å². The van der Waals surface area contributed by atoms with E-state index in [1.165, 1.54) is 88.1 Å². The Labute approximate surface area is 736 Å². The quantitative estimate of drug-likeness (QED) is 0.106. The molecule has 24 rings (SSSR count). The number of aromatic nitrogens is 8. The molecule has 2 aliphatic heterocycles. The largest absolute Gasteiger partial charge is 0.310 e. The van der Waals surface area contributed by atoms with Crippen LogP contribution in [0.4, 0.5) is 34.1 Å². The SMILES string of the molecule is Cc1cc(-c2nc(-c3ccccc3)nc(-c3ccccc3)n2)ccc1N1c2ccccc2C(c2ccccc2)(c2ccc3c(c2)c2ccccc2n3-c2ccccc2)c2ccccc21.c1ccc(-c2nc(-c3ccccc3)nc(-c3ccc(N4c5ccccc5C(c5ccccc5)(c5ccc6c(c5)c5ccccc5n6-c5ccccc5)c5ccccc54)cc3)n2)cc1. The van der Waals surface area contributed by atoms with Crippen LogP contribution in [0.25, 0.3) is 123 Å². The molecule has 0 spiro atoms. The first-order valence-electron chi connectivity index (χ1n) is 43.2. The molecule has 6 heterocycles. The molecule has 22 aromatic rings. The van der Waals surface area contributed by atoms with Gasteiger partial charge in [-0.25, -0.2) is 29.9 Å². The van der Waals surface area contributed by atoms with Crippen LogP contribution in [0, 0.1) is 6.92 Å². The number of rotatable bonds is 14. The average Bonchev–Trinajstić information content (AvgIpc) is 1.54. The number of para-hydroxylation sites is 8. The molecular weight excluding hydrogens is 1550 g/mol. The Morgan fingerprint density at radius 2 is 0.457 bits per heavy atom. The molecule has 4 aromatic heterocycles. The molecule has 0 atom stereocenters. The van der Waals surface area contributed by atoms with Gasteiger partial charge in [0.15, 0.2) is 34.9 Å². The van der Waals surface area contributed by atoms with Crippen LogP contribution in [0.2, 0.25) is 0 Å². The van der Waals surface area contributed by atoms with E-state index in [1.807, 2.05) is 121 Å². The normalized spacial score (nSPS) is 12.9. The molecule has 0 radical (unpaired) electrons. The summed E-state index contributed by atoms with van der Waals surface area (Å²) in [5, 5.41) is 4.90. The summed E-state index contributed by atoms with van der Waals surface area (Å²) < 4.78 is 4.78. The van der Waals surface area contributed by atoms with Crippen molar-refractivity contribution in [2.75, 3.05) is 9.80 Å². The lowest BCUT2D eigenvalue weighted by Gasteiger charge is -2.46. The predicted molar refractivity (Wildman–Crippen MR) is 519 cm³/mol. The molecule has 18 aromatic carbocycles. The lowest BCUT2D eigenvalue weighted by molar-refractivity contribution is 0.732.